The van der Waals surface area contributed by atoms with Crippen LogP contribution in [0.1, 0.15) is 36.4 Å². The summed E-state index contributed by atoms with van der Waals surface area (Å²) in [5.74, 6) is -0.0702. The molecule has 4 rings (SSSR count). The van der Waals surface area contributed by atoms with Gasteiger partial charge in [0.1, 0.15) is 5.56 Å². The Labute approximate surface area is 161 Å². The fraction of sp³-hybridized carbons (Fsp3) is 0.474. The summed E-state index contributed by atoms with van der Waals surface area (Å²) in [4.78, 5) is 13.7. The lowest BCUT2D eigenvalue weighted by Gasteiger charge is -2.28. The maximum atomic E-state index is 13.6. The molecule has 2 saturated heterocycles. The second-order valence-corrected chi connectivity index (χ2v) is 6.99. The topological polar surface area (TPSA) is 62.3 Å². The van der Waals surface area contributed by atoms with Crippen molar-refractivity contribution in [3.05, 3.63) is 47.7 Å². The number of benzene rings is 1. The highest BCUT2D eigenvalue weighted by atomic mass is 19.4. The van der Waals surface area contributed by atoms with Crippen LogP contribution in [0.3, 0.4) is 0 Å². The summed E-state index contributed by atoms with van der Waals surface area (Å²) in [5.41, 5.74) is -0.0135. The van der Waals surface area contributed by atoms with Crippen molar-refractivity contribution in [2.75, 3.05) is 30.1 Å². The highest BCUT2D eigenvalue weighted by Crippen LogP contribution is 2.41. The van der Waals surface area contributed by atoms with Gasteiger partial charge in [0.15, 0.2) is 5.82 Å². The fourth-order valence-corrected chi connectivity index (χ4v) is 3.62. The van der Waals surface area contributed by atoms with Crippen LogP contribution < -0.4 is 15.7 Å². The van der Waals surface area contributed by atoms with E-state index in [1.54, 1.807) is 0 Å². The van der Waals surface area contributed by atoms with Gasteiger partial charge in [0.2, 0.25) is 5.95 Å². The Morgan fingerprint density at radius 2 is 2.00 bits per heavy atom. The predicted octanol–water partition coefficient (Wildman–Crippen LogP) is 3.54. The van der Waals surface area contributed by atoms with Gasteiger partial charge in [0.25, 0.3) is 0 Å². The Morgan fingerprint density at radius 1 is 1.18 bits per heavy atom. The maximum Gasteiger partial charge on any atom is 0.421 e. The molecule has 150 valence electrons. The molecule has 1 aromatic heterocycles. The largest absolute Gasteiger partial charge is 0.421 e. The van der Waals surface area contributed by atoms with Crippen LogP contribution in [-0.4, -0.2) is 35.7 Å². The highest BCUT2D eigenvalue weighted by Gasteiger charge is 2.40. The van der Waals surface area contributed by atoms with Crippen LogP contribution in [0, 0.1) is 0 Å². The van der Waals surface area contributed by atoms with Crippen LogP contribution >= 0.6 is 0 Å². The van der Waals surface area contributed by atoms with E-state index in [1.165, 1.54) is 5.06 Å². The molecule has 3 heterocycles. The molecule has 2 fully saturated rings. The summed E-state index contributed by atoms with van der Waals surface area (Å²) in [6.07, 6.45) is -1.24. The standard InChI is InChI=1S/C19H22F3N5O/c20-19(21,22)15-12-24-18(25-14-7-4-9-23-11-14)26-17(15)27-16(8-10-28-27)13-5-2-1-3-6-13/h1-3,5-6,12,14,16,23H,4,7-11H2,(H,24,25,26)/t14-,16-/m0/s1. The average Bonchev–Trinajstić information content (AvgIpc) is 3.18. The zero-order chi connectivity index (χ0) is 19.6. The minimum absolute atomic E-state index is 0.0859. The Bertz CT molecular complexity index is 796. The predicted molar refractivity (Wildman–Crippen MR) is 98.8 cm³/mol. The summed E-state index contributed by atoms with van der Waals surface area (Å²) >= 11 is 0. The van der Waals surface area contributed by atoms with Crippen LogP contribution in [0.15, 0.2) is 36.5 Å². The number of nitrogens with zero attached hydrogens (tertiary/aromatic N) is 3. The van der Waals surface area contributed by atoms with Gasteiger partial charge in [-0.25, -0.2) is 10.0 Å². The molecular weight excluding hydrogens is 371 g/mol. The lowest BCUT2D eigenvalue weighted by molar-refractivity contribution is -0.138. The van der Waals surface area contributed by atoms with Crippen molar-refractivity contribution < 1.29 is 18.0 Å². The monoisotopic (exact) mass is 393 g/mol. The van der Waals surface area contributed by atoms with E-state index in [1.807, 2.05) is 30.3 Å². The quantitative estimate of drug-likeness (QED) is 0.829. The lowest BCUT2D eigenvalue weighted by atomic mass is 10.0. The van der Waals surface area contributed by atoms with Crippen molar-refractivity contribution >= 4 is 11.8 Å². The van der Waals surface area contributed by atoms with Crippen molar-refractivity contribution in [1.29, 1.82) is 0 Å². The van der Waals surface area contributed by atoms with Crippen LogP contribution in [0.25, 0.3) is 0 Å². The van der Waals surface area contributed by atoms with Gasteiger partial charge in [0, 0.05) is 25.2 Å². The highest BCUT2D eigenvalue weighted by molar-refractivity contribution is 5.52. The van der Waals surface area contributed by atoms with Crippen LogP contribution in [0.2, 0.25) is 0 Å². The molecule has 9 heteroatoms. The van der Waals surface area contributed by atoms with E-state index in [4.69, 9.17) is 4.84 Å². The third kappa shape index (κ3) is 4.05. The summed E-state index contributed by atoms with van der Waals surface area (Å²) in [5, 5.41) is 7.68. The molecule has 2 N–H and O–H groups in total. The van der Waals surface area contributed by atoms with E-state index in [0.717, 1.165) is 37.7 Å². The first-order valence-corrected chi connectivity index (χ1v) is 9.41. The number of anilines is 2. The van der Waals surface area contributed by atoms with Gasteiger partial charge < -0.3 is 10.6 Å². The molecular formula is C19H22F3N5O. The molecule has 2 atom stereocenters. The Hall–Kier alpha value is -2.39. The number of hydrogen-bond acceptors (Lipinski definition) is 6. The minimum atomic E-state index is -4.58. The summed E-state index contributed by atoms with van der Waals surface area (Å²) in [6.45, 7) is 2.00. The fourth-order valence-electron chi connectivity index (χ4n) is 3.62. The number of rotatable bonds is 4. The van der Waals surface area contributed by atoms with Gasteiger partial charge in [-0.15, -0.1) is 0 Å². The molecule has 6 nitrogen and oxygen atoms in total. The van der Waals surface area contributed by atoms with E-state index in [0.29, 0.717) is 13.0 Å². The van der Waals surface area contributed by atoms with Gasteiger partial charge in [-0.3, -0.25) is 4.84 Å². The van der Waals surface area contributed by atoms with Crippen LogP contribution in [-0.2, 0) is 11.0 Å². The SMILES string of the molecule is FC(F)(F)c1cnc(N[C@H]2CCCNC2)nc1N1OCC[C@H]1c1ccccc1. The van der Waals surface area contributed by atoms with Gasteiger partial charge in [-0.2, -0.15) is 18.2 Å². The Morgan fingerprint density at radius 3 is 2.71 bits per heavy atom. The van der Waals surface area contributed by atoms with Crippen molar-refractivity contribution in [2.24, 2.45) is 0 Å². The number of aromatic nitrogens is 2. The first-order chi connectivity index (χ1) is 13.5. The van der Waals surface area contributed by atoms with Crippen LogP contribution in [0.5, 0.6) is 0 Å². The van der Waals surface area contributed by atoms with E-state index in [2.05, 4.69) is 20.6 Å². The van der Waals surface area contributed by atoms with E-state index >= 15 is 0 Å². The third-order valence-corrected chi connectivity index (χ3v) is 5.00. The normalized spacial score (nSPS) is 23.0. The zero-order valence-corrected chi connectivity index (χ0v) is 15.2. The molecule has 0 aliphatic carbocycles. The Kier molecular flexibility index (Phi) is 5.36. The second-order valence-electron chi connectivity index (χ2n) is 6.99. The van der Waals surface area contributed by atoms with Gasteiger partial charge in [-0.1, -0.05) is 30.3 Å². The molecule has 0 radical (unpaired) electrons. The van der Waals surface area contributed by atoms with Gasteiger partial charge in [0.05, 0.1) is 12.6 Å². The molecule has 0 amide bonds. The summed E-state index contributed by atoms with van der Waals surface area (Å²) < 4.78 is 40.9. The van der Waals surface area contributed by atoms with Crippen molar-refractivity contribution in [3.8, 4) is 0 Å². The molecule has 0 bridgehead atoms. The first kappa shape index (κ1) is 18.9. The van der Waals surface area contributed by atoms with E-state index < -0.39 is 11.7 Å². The number of hydrogen-bond donors (Lipinski definition) is 2. The number of nitrogens with one attached hydrogen (secondary N) is 2. The minimum Gasteiger partial charge on any atom is -0.350 e. The van der Waals surface area contributed by atoms with E-state index in [-0.39, 0.29) is 23.8 Å². The third-order valence-electron chi connectivity index (χ3n) is 5.00. The molecule has 2 aliphatic heterocycles. The second kappa shape index (κ2) is 7.92. The Balaban J connectivity index is 1.67. The average molecular weight is 393 g/mol. The molecule has 28 heavy (non-hydrogen) atoms. The van der Waals surface area contributed by atoms with Gasteiger partial charge >= 0.3 is 6.18 Å². The molecule has 0 saturated carbocycles. The summed E-state index contributed by atoms with van der Waals surface area (Å²) in [7, 11) is 0. The zero-order valence-electron chi connectivity index (χ0n) is 15.2. The summed E-state index contributed by atoms with van der Waals surface area (Å²) in [6, 6.07) is 9.11. The van der Waals surface area contributed by atoms with Crippen molar-refractivity contribution in [3.63, 3.8) is 0 Å². The number of alkyl halides is 3. The van der Waals surface area contributed by atoms with E-state index in [9.17, 15) is 13.2 Å². The van der Waals surface area contributed by atoms with Crippen molar-refractivity contribution in [2.45, 2.75) is 37.5 Å². The van der Waals surface area contributed by atoms with Crippen molar-refractivity contribution in [1.82, 2.24) is 15.3 Å². The number of halogens is 3. The molecule has 1 aromatic carbocycles. The number of piperidine rings is 1. The maximum absolute atomic E-state index is 13.6. The lowest BCUT2D eigenvalue weighted by Crippen LogP contribution is -2.39. The molecule has 0 unspecified atom stereocenters. The molecule has 2 aromatic rings. The van der Waals surface area contributed by atoms with Gasteiger partial charge in [-0.05, 0) is 24.9 Å². The van der Waals surface area contributed by atoms with Crippen LogP contribution in [0.4, 0.5) is 24.9 Å². The number of hydroxylamine groups is 1. The molecule has 2 aliphatic rings. The molecule has 0 spiro atoms. The smallest absolute Gasteiger partial charge is 0.350 e. The first-order valence-electron chi connectivity index (χ1n) is 9.41.